The van der Waals surface area contributed by atoms with Crippen molar-refractivity contribution in [1.29, 1.82) is 0 Å². The topological polar surface area (TPSA) is 105 Å². The van der Waals surface area contributed by atoms with Crippen molar-refractivity contribution < 1.29 is 17.9 Å². The maximum Gasteiger partial charge on any atom is 0.262 e. The number of rotatable bonds is 9. The smallest absolute Gasteiger partial charge is 0.262 e. The van der Waals surface area contributed by atoms with Crippen LogP contribution in [0.2, 0.25) is 0 Å². The van der Waals surface area contributed by atoms with Gasteiger partial charge in [-0.05, 0) is 75.7 Å². The predicted molar refractivity (Wildman–Crippen MR) is 160 cm³/mol. The Kier molecular flexibility index (Phi) is 6.70. The van der Waals surface area contributed by atoms with Gasteiger partial charge in [-0.15, -0.1) is 0 Å². The number of hydrogen-bond donors (Lipinski definition) is 1. The largest absolute Gasteiger partial charge is 0.476 e. The molecule has 0 saturated heterocycles. The molecule has 0 unspecified atom stereocenters. The lowest BCUT2D eigenvalue weighted by atomic mass is 9.92. The van der Waals surface area contributed by atoms with E-state index in [0.29, 0.717) is 12.2 Å². The molecule has 10 heteroatoms. The van der Waals surface area contributed by atoms with Crippen molar-refractivity contribution >= 4 is 38.2 Å². The van der Waals surface area contributed by atoms with E-state index in [2.05, 4.69) is 19.6 Å². The maximum absolute atomic E-state index is 13.4. The zero-order valence-corrected chi connectivity index (χ0v) is 24.5. The molecule has 0 atom stereocenters. The van der Waals surface area contributed by atoms with Crippen molar-refractivity contribution in [3.8, 4) is 17.0 Å². The molecule has 1 spiro atoms. The molecule has 2 aromatic heterocycles. The van der Waals surface area contributed by atoms with E-state index in [1.807, 2.05) is 32.3 Å². The Hall–Kier alpha value is -4.02. The Labute approximate surface area is 240 Å². The Morgan fingerprint density at radius 1 is 1.05 bits per heavy atom. The fraction of sp³-hybridized carbons (Fsp3) is 0.323. The molecule has 41 heavy (non-hydrogen) atoms. The van der Waals surface area contributed by atoms with Crippen LogP contribution in [0.4, 0.5) is 11.4 Å². The number of carbonyl (C=O) groups is 1. The summed E-state index contributed by atoms with van der Waals surface area (Å²) in [6.45, 7) is 2.98. The van der Waals surface area contributed by atoms with Crippen LogP contribution in [0.15, 0.2) is 65.8 Å². The number of carbonyl (C=O) groups excluding carboxylic acids is 1. The third kappa shape index (κ3) is 4.81. The summed E-state index contributed by atoms with van der Waals surface area (Å²) in [5.74, 6) is 0.342. The lowest BCUT2D eigenvalue weighted by molar-refractivity contribution is -0.119. The normalized spacial score (nSPS) is 15.5. The molecule has 212 valence electrons. The van der Waals surface area contributed by atoms with Gasteiger partial charge in [-0.2, -0.15) is 0 Å². The van der Waals surface area contributed by atoms with Gasteiger partial charge >= 0.3 is 0 Å². The van der Waals surface area contributed by atoms with E-state index in [1.54, 1.807) is 61.6 Å². The molecule has 9 nitrogen and oxygen atoms in total. The van der Waals surface area contributed by atoms with Gasteiger partial charge in [0, 0.05) is 36.3 Å². The highest BCUT2D eigenvalue weighted by molar-refractivity contribution is 7.92. The van der Waals surface area contributed by atoms with Crippen molar-refractivity contribution in [2.75, 3.05) is 43.9 Å². The molecule has 1 aliphatic carbocycles. The van der Waals surface area contributed by atoms with E-state index in [0.717, 1.165) is 59.1 Å². The minimum atomic E-state index is -3.90. The number of sulfonamides is 1. The van der Waals surface area contributed by atoms with Crippen LogP contribution in [0.1, 0.15) is 30.4 Å². The molecular weight excluding hydrogens is 538 g/mol. The van der Waals surface area contributed by atoms with Gasteiger partial charge < -0.3 is 14.5 Å². The lowest BCUT2D eigenvalue weighted by Gasteiger charge is -2.16. The molecule has 1 fully saturated rings. The third-order valence-electron chi connectivity index (χ3n) is 7.95. The van der Waals surface area contributed by atoms with Crippen molar-refractivity contribution in [2.45, 2.75) is 36.5 Å². The van der Waals surface area contributed by atoms with Gasteiger partial charge in [0.15, 0.2) is 0 Å². The molecule has 4 aromatic rings. The number of aryl methyl sites for hydroxylation is 1. The minimum Gasteiger partial charge on any atom is -0.476 e. The third-order valence-corrected chi connectivity index (χ3v) is 9.48. The van der Waals surface area contributed by atoms with Crippen molar-refractivity contribution in [3.05, 3.63) is 72.1 Å². The van der Waals surface area contributed by atoms with Gasteiger partial charge in [-0.25, -0.2) is 13.4 Å². The van der Waals surface area contributed by atoms with Crippen LogP contribution < -0.4 is 14.4 Å². The molecule has 2 aromatic carbocycles. The average Bonchev–Trinajstić information content (AvgIpc) is 3.72. The van der Waals surface area contributed by atoms with Crippen LogP contribution >= 0.6 is 0 Å². The highest BCUT2D eigenvalue weighted by Crippen LogP contribution is 2.58. The number of amides is 1. The SMILES string of the molecule is Cc1ccccc1S(=O)(=O)Nc1cc(-c2ccc3ncc4c(c3c2)C2(CC2)C(=O)N4C)cnc1OCCCN(C)C. The van der Waals surface area contributed by atoms with E-state index in [-0.39, 0.29) is 22.4 Å². The zero-order valence-electron chi connectivity index (χ0n) is 23.6. The van der Waals surface area contributed by atoms with Gasteiger partial charge in [0.25, 0.3) is 10.0 Å². The Morgan fingerprint density at radius 2 is 1.83 bits per heavy atom. The summed E-state index contributed by atoms with van der Waals surface area (Å²) >= 11 is 0. The van der Waals surface area contributed by atoms with Gasteiger partial charge in [0.05, 0.1) is 34.3 Å². The number of nitrogens with one attached hydrogen (secondary N) is 1. The van der Waals surface area contributed by atoms with Crippen molar-refractivity contribution in [2.24, 2.45) is 0 Å². The first-order chi connectivity index (χ1) is 19.6. The molecule has 0 radical (unpaired) electrons. The van der Waals surface area contributed by atoms with Gasteiger partial charge in [-0.1, -0.05) is 24.3 Å². The number of benzene rings is 2. The number of likely N-dealkylation sites (N-methyl/N-ethyl adjacent to an activating group) is 1. The van der Waals surface area contributed by atoms with E-state index in [1.165, 1.54) is 0 Å². The highest BCUT2D eigenvalue weighted by Gasteiger charge is 2.59. The van der Waals surface area contributed by atoms with E-state index in [4.69, 9.17) is 4.74 Å². The number of anilines is 2. The van der Waals surface area contributed by atoms with Crippen LogP contribution in [0.25, 0.3) is 22.0 Å². The summed E-state index contributed by atoms with van der Waals surface area (Å²) in [6.07, 6.45) is 5.90. The lowest BCUT2D eigenvalue weighted by Crippen LogP contribution is -2.28. The number of nitrogens with zero attached hydrogens (tertiary/aromatic N) is 4. The van der Waals surface area contributed by atoms with Crippen LogP contribution in [0.3, 0.4) is 0 Å². The summed E-state index contributed by atoms with van der Waals surface area (Å²) in [6, 6.07) is 14.5. The minimum absolute atomic E-state index is 0.123. The first-order valence-electron chi connectivity index (χ1n) is 13.7. The number of fused-ring (bicyclic) bond motifs is 4. The summed E-state index contributed by atoms with van der Waals surface area (Å²) in [4.78, 5) is 26.2. The summed E-state index contributed by atoms with van der Waals surface area (Å²) < 4.78 is 35.6. The van der Waals surface area contributed by atoms with Crippen molar-refractivity contribution in [3.63, 3.8) is 0 Å². The molecule has 1 N–H and O–H groups in total. The second-order valence-corrected chi connectivity index (χ2v) is 12.8. The maximum atomic E-state index is 13.4. The van der Waals surface area contributed by atoms with Crippen LogP contribution in [0, 0.1) is 6.92 Å². The molecule has 2 aliphatic rings. The Balaban J connectivity index is 1.41. The van der Waals surface area contributed by atoms with Gasteiger partial charge in [0.1, 0.15) is 5.69 Å². The average molecular weight is 572 g/mol. The molecule has 1 aliphatic heterocycles. The predicted octanol–water partition coefficient (Wildman–Crippen LogP) is 4.74. The van der Waals surface area contributed by atoms with E-state index < -0.39 is 15.4 Å². The number of hydrogen-bond acceptors (Lipinski definition) is 7. The number of aromatic nitrogens is 2. The fourth-order valence-corrected chi connectivity index (χ4v) is 6.95. The Morgan fingerprint density at radius 3 is 2.56 bits per heavy atom. The highest BCUT2D eigenvalue weighted by atomic mass is 32.2. The van der Waals surface area contributed by atoms with Crippen LogP contribution in [-0.2, 0) is 20.2 Å². The summed E-state index contributed by atoms with van der Waals surface area (Å²) in [5, 5.41) is 0.932. The summed E-state index contributed by atoms with van der Waals surface area (Å²) in [5.41, 5.74) is 4.71. The first kappa shape index (κ1) is 27.2. The quantitative estimate of drug-likeness (QED) is 0.289. The number of pyridine rings is 2. The molecule has 0 bridgehead atoms. The number of ether oxygens (including phenoxy) is 1. The second-order valence-electron chi connectivity index (χ2n) is 11.1. The molecule has 1 amide bonds. The molecule has 1 saturated carbocycles. The molecule has 3 heterocycles. The fourth-order valence-electron chi connectivity index (χ4n) is 5.65. The van der Waals surface area contributed by atoms with E-state index >= 15 is 0 Å². The Bertz CT molecular complexity index is 1780. The zero-order chi connectivity index (χ0) is 28.9. The monoisotopic (exact) mass is 571 g/mol. The van der Waals surface area contributed by atoms with E-state index in [9.17, 15) is 13.2 Å². The standard InChI is InChI=1S/C31H33N5O4S/c1-20-8-5-6-9-27(20)41(38,39)34-25-17-22(18-33-29(25)40-15-7-14-35(2)3)21-10-11-24-23(16-21)28-26(19-32-24)36(4)30(37)31(28)12-13-31/h5-6,8-11,16-19,34H,7,12-15H2,1-4H3. The first-order valence-corrected chi connectivity index (χ1v) is 15.2. The second kappa shape index (κ2) is 10.1. The van der Waals surface area contributed by atoms with Crippen molar-refractivity contribution in [1.82, 2.24) is 14.9 Å². The summed E-state index contributed by atoms with van der Waals surface area (Å²) in [7, 11) is 1.88. The van der Waals surface area contributed by atoms with Crippen LogP contribution in [-0.4, -0.2) is 63.5 Å². The molecule has 6 rings (SSSR count). The molecular formula is C31H33N5O4S. The van der Waals surface area contributed by atoms with Crippen LogP contribution in [0.5, 0.6) is 5.88 Å². The van der Waals surface area contributed by atoms with Gasteiger partial charge in [-0.3, -0.25) is 14.5 Å². The van der Waals surface area contributed by atoms with Gasteiger partial charge in [0.2, 0.25) is 11.8 Å².